The molecule has 6 heteroatoms. The number of hydrogen-bond acceptors (Lipinski definition) is 3. The van der Waals surface area contributed by atoms with E-state index in [1.807, 2.05) is 0 Å². The number of aliphatic hydroxyl groups excluding tert-OH is 1. The zero-order valence-electron chi connectivity index (χ0n) is 7.99. The maximum atomic E-state index is 12.3. The smallest absolute Gasteiger partial charge is 0.391 e. The number of nitrogens with two attached hydrogens (primary N) is 1. The number of pyridine rings is 1. The highest BCUT2D eigenvalue weighted by atomic mass is 19.4. The molecule has 0 saturated carbocycles. The summed E-state index contributed by atoms with van der Waals surface area (Å²) in [7, 11) is 0. The van der Waals surface area contributed by atoms with E-state index < -0.39 is 23.9 Å². The summed E-state index contributed by atoms with van der Waals surface area (Å²) in [5.41, 5.74) is 4.79. The number of aromatic nitrogens is 1. The Balaban J connectivity index is 3.03. The molecule has 0 spiro atoms. The molecule has 3 N–H and O–H groups in total. The highest BCUT2D eigenvalue weighted by Crippen LogP contribution is 2.30. The number of halogens is 3. The van der Waals surface area contributed by atoms with Gasteiger partial charge in [0.15, 0.2) is 0 Å². The van der Waals surface area contributed by atoms with Crippen molar-refractivity contribution in [3.8, 4) is 0 Å². The zero-order valence-corrected chi connectivity index (χ0v) is 7.99. The summed E-state index contributed by atoms with van der Waals surface area (Å²) in [6, 6.07) is 0.0319. The highest BCUT2D eigenvalue weighted by molar-refractivity contribution is 5.23. The molecule has 0 bridgehead atoms. The van der Waals surface area contributed by atoms with Crippen molar-refractivity contribution in [2.24, 2.45) is 5.73 Å². The van der Waals surface area contributed by atoms with Gasteiger partial charge in [-0.25, -0.2) is 0 Å². The summed E-state index contributed by atoms with van der Waals surface area (Å²) in [6.45, 7) is 1.41. The van der Waals surface area contributed by atoms with Crippen molar-refractivity contribution < 1.29 is 18.3 Å². The van der Waals surface area contributed by atoms with Crippen LogP contribution in [0.15, 0.2) is 18.5 Å². The maximum Gasteiger partial charge on any atom is 0.417 e. The van der Waals surface area contributed by atoms with E-state index in [4.69, 9.17) is 10.8 Å². The molecule has 0 aromatic carbocycles. The minimum absolute atomic E-state index is 0.167. The Labute approximate surface area is 84.7 Å². The molecule has 2 atom stereocenters. The molecule has 0 unspecified atom stereocenters. The van der Waals surface area contributed by atoms with Crippen LogP contribution in [0.4, 0.5) is 13.2 Å². The van der Waals surface area contributed by atoms with Crippen molar-refractivity contribution in [2.45, 2.75) is 25.2 Å². The van der Waals surface area contributed by atoms with Gasteiger partial charge in [0.1, 0.15) is 0 Å². The lowest BCUT2D eigenvalue weighted by Crippen LogP contribution is -2.23. The summed E-state index contributed by atoms with van der Waals surface area (Å²) in [5, 5.41) is 9.13. The average molecular weight is 220 g/mol. The molecule has 0 radical (unpaired) electrons. The van der Waals surface area contributed by atoms with Crippen LogP contribution in [-0.4, -0.2) is 16.2 Å². The normalized spacial score (nSPS) is 16.1. The Kier molecular flexibility index (Phi) is 3.31. The van der Waals surface area contributed by atoms with Crippen LogP contribution in [0.1, 0.15) is 24.1 Å². The predicted octanol–water partition coefficient (Wildman–Crippen LogP) is 1.48. The minimum Gasteiger partial charge on any atom is -0.391 e. The van der Waals surface area contributed by atoms with Gasteiger partial charge in [-0.2, -0.15) is 13.2 Å². The molecule has 1 rings (SSSR count). The van der Waals surface area contributed by atoms with Crippen LogP contribution >= 0.6 is 0 Å². The molecule has 0 amide bonds. The van der Waals surface area contributed by atoms with Crippen LogP contribution in [0.25, 0.3) is 0 Å². The molecule has 1 heterocycles. The van der Waals surface area contributed by atoms with Crippen molar-refractivity contribution in [2.75, 3.05) is 0 Å². The van der Waals surface area contributed by atoms with Gasteiger partial charge in [-0.15, -0.1) is 0 Å². The third kappa shape index (κ3) is 2.90. The van der Waals surface area contributed by atoms with Crippen molar-refractivity contribution in [1.29, 1.82) is 0 Å². The molecule has 1 aromatic rings. The molecule has 1 aromatic heterocycles. The molecular weight excluding hydrogens is 209 g/mol. The van der Waals surface area contributed by atoms with E-state index in [9.17, 15) is 13.2 Å². The largest absolute Gasteiger partial charge is 0.417 e. The van der Waals surface area contributed by atoms with Gasteiger partial charge in [0.25, 0.3) is 0 Å². The van der Waals surface area contributed by atoms with Gasteiger partial charge >= 0.3 is 6.18 Å². The maximum absolute atomic E-state index is 12.3. The summed E-state index contributed by atoms with van der Waals surface area (Å²) in [5.74, 6) is 0. The molecule has 84 valence electrons. The second-order valence-corrected chi connectivity index (χ2v) is 3.27. The van der Waals surface area contributed by atoms with Crippen LogP contribution in [0, 0.1) is 0 Å². The zero-order chi connectivity index (χ0) is 11.6. The minimum atomic E-state index is -4.44. The van der Waals surface area contributed by atoms with Gasteiger partial charge < -0.3 is 10.8 Å². The third-order valence-corrected chi connectivity index (χ3v) is 1.99. The summed E-state index contributed by atoms with van der Waals surface area (Å²) in [6.07, 6.45) is -3.43. The average Bonchev–Trinajstić information content (AvgIpc) is 2.15. The lowest BCUT2D eigenvalue weighted by molar-refractivity contribution is -0.137. The molecule has 0 aliphatic carbocycles. The van der Waals surface area contributed by atoms with Gasteiger partial charge in [-0.3, -0.25) is 4.98 Å². The van der Waals surface area contributed by atoms with Crippen molar-refractivity contribution in [3.63, 3.8) is 0 Å². The van der Waals surface area contributed by atoms with E-state index in [0.29, 0.717) is 0 Å². The van der Waals surface area contributed by atoms with Crippen LogP contribution < -0.4 is 5.73 Å². The van der Waals surface area contributed by atoms with Crippen LogP contribution in [-0.2, 0) is 6.18 Å². The topological polar surface area (TPSA) is 59.1 Å². The summed E-state index contributed by atoms with van der Waals surface area (Å²) in [4.78, 5) is 3.44. The molecule has 0 saturated heterocycles. The van der Waals surface area contributed by atoms with Crippen molar-refractivity contribution in [3.05, 3.63) is 29.6 Å². The first-order valence-corrected chi connectivity index (χ1v) is 4.28. The standard InChI is InChI=1S/C9H11F3N2O/c1-5(15)8(13)6-2-7(4-14-3-6)9(10,11)12/h2-5,8,15H,13H2,1H3/t5-,8-/m0/s1. The van der Waals surface area contributed by atoms with Crippen molar-refractivity contribution in [1.82, 2.24) is 4.98 Å². The third-order valence-electron chi connectivity index (χ3n) is 1.99. The second kappa shape index (κ2) is 4.16. The SMILES string of the molecule is C[C@H](O)[C@H](N)c1cncc(C(F)(F)F)c1. The van der Waals surface area contributed by atoms with Crippen LogP contribution in [0.5, 0.6) is 0 Å². The van der Waals surface area contributed by atoms with E-state index in [-0.39, 0.29) is 5.56 Å². The van der Waals surface area contributed by atoms with E-state index in [1.165, 1.54) is 13.1 Å². The first-order valence-electron chi connectivity index (χ1n) is 4.28. The monoisotopic (exact) mass is 220 g/mol. The Hall–Kier alpha value is -1.14. The molecular formula is C9H11F3N2O. The Morgan fingerprint density at radius 2 is 2.00 bits per heavy atom. The van der Waals surface area contributed by atoms with Gasteiger partial charge in [-0.1, -0.05) is 0 Å². The molecule has 0 aliphatic rings. The Morgan fingerprint density at radius 3 is 2.47 bits per heavy atom. The predicted molar refractivity (Wildman–Crippen MR) is 47.8 cm³/mol. The molecule has 0 fully saturated rings. The number of nitrogens with zero attached hydrogens (tertiary/aromatic N) is 1. The highest BCUT2D eigenvalue weighted by Gasteiger charge is 2.31. The Bertz CT molecular complexity index is 338. The second-order valence-electron chi connectivity index (χ2n) is 3.27. The fourth-order valence-corrected chi connectivity index (χ4v) is 1.07. The van der Waals surface area contributed by atoms with Gasteiger partial charge in [0.2, 0.25) is 0 Å². The van der Waals surface area contributed by atoms with Crippen LogP contribution in [0.3, 0.4) is 0 Å². The fourth-order valence-electron chi connectivity index (χ4n) is 1.07. The number of aliphatic hydroxyl groups is 1. The first-order chi connectivity index (χ1) is 6.82. The van der Waals surface area contributed by atoms with Gasteiger partial charge in [0, 0.05) is 12.4 Å². The number of alkyl halides is 3. The number of rotatable bonds is 2. The summed E-state index contributed by atoms with van der Waals surface area (Å²) >= 11 is 0. The van der Waals surface area contributed by atoms with E-state index >= 15 is 0 Å². The molecule has 15 heavy (non-hydrogen) atoms. The van der Waals surface area contributed by atoms with Crippen molar-refractivity contribution >= 4 is 0 Å². The quantitative estimate of drug-likeness (QED) is 0.793. The van der Waals surface area contributed by atoms with E-state index in [1.54, 1.807) is 0 Å². The lowest BCUT2D eigenvalue weighted by atomic mass is 10.0. The lowest BCUT2D eigenvalue weighted by Gasteiger charge is -2.16. The van der Waals surface area contributed by atoms with Gasteiger partial charge in [-0.05, 0) is 18.6 Å². The number of hydrogen-bond donors (Lipinski definition) is 2. The van der Waals surface area contributed by atoms with Crippen LogP contribution in [0.2, 0.25) is 0 Å². The van der Waals surface area contributed by atoms with E-state index in [0.717, 1.165) is 12.3 Å². The summed E-state index contributed by atoms with van der Waals surface area (Å²) < 4.78 is 36.9. The fraction of sp³-hybridized carbons (Fsp3) is 0.444. The molecule has 3 nitrogen and oxygen atoms in total. The molecule has 0 aliphatic heterocycles. The first kappa shape index (κ1) is 11.9. The van der Waals surface area contributed by atoms with E-state index in [2.05, 4.69) is 4.98 Å². The Morgan fingerprint density at radius 1 is 1.40 bits per heavy atom. The van der Waals surface area contributed by atoms with Gasteiger partial charge in [0.05, 0.1) is 17.7 Å².